The number of benzene rings is 1. The third-order valence-electron chi connectivity index (χ3n) is 6.55. The van der Waals surface area contributed by atoms with E-state index in [1.54, 1.807) is 0 Å². The zero-order valence-corrected chi connectivity index (χ0v) is 18.1. The average Bonchev–Trinajstić information content (AvgIpc) is 3.63. The lowest BCUT2D eigenvalue weighted by atomic mass is 9.92. The van der Waals surface area contributed by atoms with E-state index >= 15 is 0 Å². The molecule has 1 saturated carbocycles. The van der Waals surface area contributed by atoms with Gasteiger partial charge >= 0.3 is 0 Å². The first kappa shape index (κ1) is 21.7. The van der Waals surface area contributed by atoms with Crippen LogP contribution in [0.25, 0.3) is 0 Å². The molecule has 1 unspecified atom stereocenters. The molecule has 0 bridgehead atoms. The Morgan fingerprint density at radius 1 is 0.903 bits per heavy atom. The first-order chi connectivity index (χ1) is 15.1. The number of nitrogens with one attached hydrogen (secondary N) is 1. The summed E-state index contributed by atoms with van der Waals surface area (Å²) in [6, 6.07) is 9.86. The van der Waals surface area contributed by atoms with Crippen molar-refractivity contribution in [3.8, 4) is 5.75 Å². The molecule has 7 nitrogen and oxygen atoms in total. The number of likely N-dealkylation sites (tertiary alicyclic amines) is 2. The molecule has 7 heteroatoms. The van der Waals surface area contributed by atoms with Gasteiger partial charge in [0.25, 0.3) is 0 Å². The van der Waals surface area contributed by atoms with Gasteiger partial charge in [-0.25, -0.2) is 0 Å². The van der Waals surface area contributed by atoms with Crippen molar-refractivity contribution in [2.24, 2.45) is 11.8 Å². The number of carbonyl (C=O) groups excluding carboxylic acids is 3. The van der Waals surface area contributed by atoms with Gasteiger partial charge in [-0.15, -0.1) is 0 Å². The highest BCUT2D eigenvalue weighted by Gasteiger charge is 2.35. The second-order valence-corrected chi connectivity index (χ2v) is 8.97. The monoisotopic (exact) mass is 427 g/mol. The summed E-state index contributed by atoms with van der Waals surface area (Å²) < 4.78 is 5.64. The van der Waals surface area contributed by atoms with Crippen molar-refractivity contribution in [3.05, 3.63) is 30.3 Å². The van der Waals surface area contributed by atoms with Crippen LogP contribution in [0.2, 0.25) is 0 Å². The highest BCUT2D eigenvalue weighted by atomic mass is 16.5. The summed E-state index contributed by atoms with van der Waals surface area (Å²) >= 11 is 0. The molecule has 0 aromatic heterocycles. The summed E-state index contributed by atoms with van der Waals surface area (Å²) in [6.07, 6.45) is 5.65. The van der Waals surface area contributed by atoms with E-state index in [2.05, 4.69) is 5.32 Å². The second-order valence-electron chi connectivity index (χ2n) is 8.97. The van der Waals surface area contributed by atoms with E-state index < -0.39 is 0 Å². The number of hydrogen-bond donors (Lipinski definition) is 1. The van der Waals surface area contributed by atoms with Gasteiger partial charge in [-0.3, -0.25) is 14.4 Å². The van der Waals surface area contributed by atoms with Crippen LogP contribution < -0.4 is 10.1 Å². The molecule has 168 valence electrons. The zero-order valence-electron chi connectivity index (χ0n) is 18.1. The van der Waals surface area contributed by atoms with Crippen molar-refractivity contribution in [2.75, 3.05) is 32.8 Å². The first-order valence-corrected chi connectivity index (χ1v) is 11.6. The maximum absolute atomic E-state index is 13.0. The van der Waals surface area contributed by atoms with Gasteiger partial charge in [-0.05, 0) is 50.7 Å². The Balaban J connectivity index is 1.20. The summed E-state index contributed by atoms with van der Waals surface area (Å²) in [7, 11) is 0. The number of piperidine rings is 2. The lowest BCUT2D eigenvalue weighted by molar-refractivity contribution is -0.143. The van der Waals surface area contributed by atoms with Gasteiger partial charge in [0.2, 0.25) is 17.7 Å². The number of ether oxygens (including phenoxy) is 1. The Hall–Kier alpha value is -2.57. The molecule has 2 heterocycles. The van der Waals surface area contributed by atoms with Crippen molar-refractivity contribution >= 4 is 17.7 Å². The van der Waals surface area contributed by atoms with Crippen molar-refractivity contribution < 1.29 is 19.1 Å². The second kappa shape index (κ2) is 10.2. The minimum atomic E-state index is -0.135. The number of hydrogen-bond acceptors (Lipinski definition) is 4. The molecule has 3 aliphatic rings. The van der Waals surface area contributed by atoms with E-state index in [-0.39, 0.29) is 29.6 Å². The SMILES string of the molecule is O=C(NC1CC1)C1CCN(C(=O)C2CCCN(C(=O)CCOc3ccccc3)C2)CC1. The highest BCUT2D eigenvalue weighted by Crippen LogP contribution is 2.25. The molecule has 3 fully saturated rings. The van der Waals surface area contributed by atoms with Crippen LogP contribution in [0, 0.1) is 11.8 Å². The fourth-order valence-corrected chi connectivity index (χ4v) is 4.50. The third-order valence-corrected chi connectivity index (χ3v) is 6.55. The minimum absolute atomic E-state index is 0.0266. The molecule has 1 aliphatic carbocycles. The summed E-state index contributed by atoms with van der Waals surface area (Å²) in [5, 5.41) is 3.08. The summed E-state index contributed by atoms with van der Waals surface area (Å²) in [5.41, 5.74) is 0. The normalized spacial score (nSPS) is 22.1. The van der Waals surface area contributed by atoms with E-state index in [4.69, 9.17) is 4.74 Å². The van der Waals surface area contributed by atoms with E-state index in [0.29, 0.717) is 45.2 Å². The molecule has 31 heavy (non-hydrogen) atoms. The summed E-state index contributed by atoms with van der Waals surface area (Å²) in [5.74, 6) is 0.990. The fourth-order valence-electron chi connectivity index (χ4n) is 4.50. The molecule has 2 aliphatic heterocycles. The van der Waals surface area contributed by atoms with Crippen LogP contribution in [-0.4, -0.2) is 66.3 Å². The Morgan fingerprint density at radius 3 is 2.35 bits per heavy atom. The standard InChI is InChI=1S/C24H33N3O4/c28-22(12-16-31-21-6-2-1-3-7-21)27-13-4-5-19(17-27)24(30)26-14-10-18(11-15-26)23(29)25-20-8-9-20/h1-3,6-7,18-20H,4-5,8-17H2,(H,25,29). The topological polar surface area (TPSA) is 79.0 Å². The molecule has 1 aromatic rings. The van der Waals surface area contributed by atoms with Crippen molar-refractivity contribution in [1.82, 2.24) is 15.1 Å². The van der Waals surface area contributed by atoms with Crippen LogP contribution in [0.4, 0.5) is 0 Å². The molecular formula is C24H33N3O4. The molecule has 1 N–H and O–H groups in total. The quantitative estimate of drug-likeness (QED) is 0.724. The van der Waals surface area contributed by atoms with Crippen LogP contribution in [-0.2, 0) is 14.4 Å². The van der Waals surface area contributed by atoms with Crippen LogP contribution in [0.15, 0.2) is 30.3 Å². The third kappa shape index (κ3) is 5.99. The smallest absolute Gasteiger partial charge is 0.227 e. The van der Waals surface area contributed by atoms with Gasteiger partial charge < -0.3 is 19.9 Å². The van der Waals surface area contributed by atoms with Crippen molar-refractivity contribution in [2.45, 2.75) is 51.0 Å². The molecule has 3 amide bonds. The number of nitrogens with zero attached hydrogens (tertiary/aromatic N) is 2. The van der Waals surface area contributed by atoms with Gasteiger partial charge in [-0.1, -0.05) is 18.2 Å². The minimum Gasteiger partial charge on any atom is -0.493 e. The lowest BCUT2D eigenvalue weighted by Crippen LogP contribution is -2.49. The molecule has 1 aromatic carbocycles. The zero-order chi connectivity index (χ0) is 21.6. The van der Waals surface area contributed by atoms with Crippen LogP contribution in [0.5, 0.6) is 5.75 Å². The molecule has 1 atom stereocenters. The van der Waals surface area contributed by atoms with Gasteiger partial charge in [-0.2, -0.15) is 0 Å². The average molecular weight is 428 g/mol. The Bertz CT molecular complexity index is 772. The van der Waals surface area contributed by atoms with Gasteiger partial charge in [0, 0.05) is 38.1 Å². The number of para-hydroxylation sites is 1. The predicted molar refractivity (Wildman–Crippen MR) is 116 cm³/mol. The number of rotatable bonds is 7. The predicted octanol–water partition coefficient (Wildman–Crippen LogP) is 2.21. The molecule has 4 rings (SSSR count). The van der Waals surface area contributed by atoms with Gasteiger partial charge in [0.05, 0.1) is 18.9 Å². The van der Waals surface area contributed by atoms with Crippen molar-refractivity contribution in [1.29, 1.82) is 0 Å². The van der Waals surface area contributed by atoms with Crippen LogP contribution in [0.1, 0.15) is 44.9 Å². The van der Waals surface area contributed by atoms with Crippen molar-refractivity contribution in [3.63, 3.8) is 0 Å². The van der Waals surface area contributed by atoms with Crippen LogP contribution in [0.3, 0.4) is 0 Å². The van der Waals surface area contributed by atoms with Gasteiger partial charge in [0.1, 0.15) is 5.75 Å². The Labute approximate surface area is 184 Å². The summed E-state index contributed by atoms with van der Waals surface area (Å²) in [4.78, 5) is 41.6. The highest BCUT2D eigenvalue weighted by molar-refractivity contribution is 5.82. The van der Waals surface area contributed by atoms with Crippen LogP contribution >= 0.6 is 0 Å². The van der Waals surface area contributed by atoms with Gasteiger partial charge in [0.15, 0.2) is 0 Å². The number of carbonyl (C=O) groups is 3. The maximum Gasteiger partial charge on any atom is 0.227 e. The maximum atomic E-state index is 13.0. The molecule has 0 radical (unpaired) electrons. The molecular weight excluding hydrogens is 394 g/mol. The first-order valence-electron chi connectivity index (χ1n) is 11.6. The number of amides is 3. The van der Waals surface area contributed by atoms with E-state index in [0.717, 1.165) is 44.3 Å². The molecule has 0 spiro atoms. The van der Waals surface area contributed by atoms with E-state index in [1.807, 2.05) is 40.1 Å². The fraction of sp³-hybridized carbons (Fsp3) is 0.625. The Morgan fingerprint density at radius 2 is 1.65 bits per heavy atom. The summed E-state index contributed by atoms with van der Waals surface area (Å²) in [6.45, 7) is 2.81. The lowest BCUT2D eigenvalue weighted by Gasteiger charge is -2.37. The van der Waals surface area contributed by atoms with E-state index in [9.17, 15) is 14.4 Å². The van der Waals surface area contributed by atoms with E-state index in [1.165, 1.54) is 0 Å². The Kier molecular flexibility index (Phi) is 7.10. The largest absolute Gasteiger partial charge is 0.493 e. The molecule has 2 saturated heterocycles.